The molecule has 0 radical (unpaired) electrons. The van der Waals surface area contributed by atoms with Gasteiger partial charge in [0.1, 0.15) is 23.2 Å². The second kappa shape index (κ2) is 9.99. The van der Waals surface area contributed by atoms with E-state index in [-0.39, 0.29) is 35.0 Å². The van der Waals surface area contributed by atoms with E-state index in [0.29, 0.717) is 6.54 Å². The summed E-state index contributed by atoms with van der Waals surface area (Å²) in [5.74, 6) is -1.79. The average molecular weight is 591 g/mol. The molecule has 2 aliphatic carbocycles. The SMILES string of the molecule is CC(C)(C)OC(=O)N[C@H](C(=O)N1CC2C([C@H]1C(=O)NC1(C(=O)NS(=O)(=O)c3ccccc3)CC1)C2(C)C)C(C)(C)C. The highest BCUT2D eigenvalue weighted by Crippen LogP contribution is 2.65. The number of rotatable bonds is 7. The van der Waals surface area contributed by atoms with Crippen LogP contribution in [0.3, 0.4) is 0 Å². The fourth-order valence-corrected chi connectivity index (χ4v) is 6.85. The molecular formula is C29H42N4O7S. The molecule has 1 saturated heterocycles. The zero-order chi connectivity index (χ0) is 30.8. The molecule has 2 saturated carbocycles. The third-order valence-corrected chi connectivity index (χ3v) is 9.71. The van der Waals surface area contributed by atoms with Crippen LogP contribution in [0.5, 0.6) is 0 Å². The van der Waals surface area contributed by atoms with Crippen LogP contribution in [0, 0.1) is 22.7 Å². The number of carbonyl (C=O) groups excluding carboxylic acids is 4. The number of alkyl carbamates (subject to hydrolysis) is 1. The molecule has 0 spiro atoms. The lowest BCUT2D eigenvalue weighted by atomic mass is 9.85. The highest BCUT2D eigenvalue weighted by atomic mass is 32.2. The number of likely N-dealkylation sites (tertiary alicyclic amines) is 1. The van der Waals surface area contributed by atoms with Crippen molar-refractivity contribution in [2.24, 2.45) is 22.7 Å². The fraction of sp³-hybridized carbons (Fsp3) is 0.655. The summed E-state index contributed by atoms with van der Waals surface area (Å²) in [4.78, 5) is 55.0. The van der Waals surface area contributed by atoms with Crippen molar-refractivity contribution in [1.82, 2.24) is 20.3 Å². The Morgan fingerprint density at radius 3 is 2.10 bits per heavy atom. The van der Waals surface area contributed by atoms with Crippen molar-refractivity contribution in [3.63, 3.8) is 0 Å². The maximum Gasteiger partial charge on any atom is 0.408 e. The molecule has 41 heavy (non-hydrogen) atoms. The average Bonchev–Trinajstić information content (AvgIpc) is 3.65. The van der Waals surface area contributed by atoms with E-state index in [1.165, 1.54) is 17.0 Å². The topological polar surface area (TPSA) is 151 Å². The van der Waals surface area contributed by atoms with Gasteiger partial charge in [0.25, 0.3) is 15.9 Å². The molecule has 4 atom stereocenters. The molecule has 4 rings (SSSR count). The number of piperidine rings is 1. The molecule has 1 heterocycles. The summed E-state index contributed by atoms with van der Waals surface area (Å²) >= 11 is 0. The van der Waals surface area contributed by atoms with Crippen LogP contribution in [0.15, 0.2) is 35.2 Å². The first-order chi connectivity index (χ1) is 18.7. The van der Waals surface area contributed by atoms with E-state index < -0.39 is 62.5 Å². The molecule has 2 unspecified atom stereocenters. The summed E-state index contributed by atoms with van der Waals surface area (Å²) in [6.45, 7) is 15.0. The van der Waals surface area contributed by atoms with Crippen LogP contribution in [-0.4, -0.2) is 66.9 Å². The maximum atomic E-state index is 14.0. The van der Waals surface area contributed by atoms with Crippen molar-refractivity contribution < 1.29 is 32.3 Å². The number of ether oxygens (including phenoxy) is 1. The van der Waals surface area contributed by atoms with Gasteiger partial charge in [-0.3, -0.25) is 14.4 Å². The van der Waals surface area contributed by atoms with Gasteiger partial charge in [-0.1, -0.05) is 52.8 Å². The smallest absolute Gasteiger partial charge is 0.408 e. The zero-order valence-corrected chi connectivity index (χ0v) is 25.8. The number of benzene rings is 1. The Hall–Kier alpha value is -3.15. The molecule has 1 aromatic carbocycles. The van der Waals surface area contributed by atoms with E-state index in [2.05, 4.69) is 15.4 Å². The third kappa shape index (κ3) is 6.22. The van der Waals surface area contributed by atoms with E-state index in [9.17, 15) is 27.6 Å². The standard InChI is InChI=1S/C29H42N4O7S/c1-26(2,3)21(30-25(37)40-27(4,5)6)23(35)33-16-18-19(28(18,7)8)20(33)22(34)31-29(14-15-29)24(36)32-41(38,39)17-12-10-9-11-13-17/h9-13,18-21H,14-16H2,1-8H3,(H,30,37)(H,31,34)(H,32,36)/t18?,19?,20-,21+/m0/s1. The molecule has 11 nitrogen and oxygen atoms in total. The fourth-order valence-electron chi connectivity index (χ4n) is 5.78. The Balaban J connectivity index is 1.53. The summed E-state index contributed by atoms with van der Waals surface area (Å²) in [6, 6.07) is 5.68. The van der Waals surface area contributed by atoms with Crippen molar-refractivity contribution >= 4 is 33.8 Å². The van der Waals surface area contributed by atoms with E-state index >= 15 is 0 Å². The second-order valence-corrected chi connectivity index (χ2v) is 15.8. The molecule has 226 valence electrons. The first kappa shape index (κ1) is 30.8. The van der Waals surface area contributed by atoms with Gasteiger partial charge < -0.3 is 20.3 Å². The van der Waals surface area contributed by atoms with Crippen LogP contribution in [0.2, 0.25) is 0 Å². The van der Waals surface area contributed by atoms with Crippen molar-refractivity contribution in [3.05, 3.63) is 30.3 Å². The van der Waals surface area contributed by atoms with Crippen molar-refractivity contribution in [2.45, 2.75) is 96.4 Å². The normalized spacial score (nSPS) is 24.9. The van der Waals surface area contributed by atoms with Crippen LogP contribution in [0.25, 0.3) is 0 Å². The van der Waals surface area contributed by atoms with Crippen LogP contribution in [0.1, 0.15) is 68.2 Å². The molecule has 3 fully saturated rings. The highest BCUT2D eigenvalue weighted by molar-refractivity contribution is 7.90. The Bertz CT molecular complexity index is 1340. The van der Waals surface area contributed by atoms with Crippen LogP contribution < -0.4 is 15.4 Å². The Labute approximate surface area is 242 Å². The first-order valence-corrected chi connectivity index (χ1v) is 15.4. The molecule has 0 aromatic heterocycles. The van der Waals surface area contributed by atoms with E-state index in [1.807, 2.05) is 34.6 Å². The zero-order valence-electron chi connectivity index (χ0n) is 25.0. The Morgan fingerprint density at radius 2 is 1.59 bits per heavy atom. The number of nitrogens with one attached hydrogen (secondary N) is 3. The molecule has 3 N–H and O–H groups in total. The van der Waals surface area contributed by atoms with Crippen molar-refractivity contribution in [1.29, 1.82) is 0 Å². The van der Waals surface area contributed by atoms with Gasteiger partial charge >= 0.3 is 6.09 Å². The lowest BCUT2D eigenvalue weighted by molar-refractivity contribution is -0.144. The van der Waals surface area contributed by atoms with Gasteiger partial charge in [-0.2, -0.15) is 0 Å². The highest BCUT2D eigenvalue weighted by Gasteiger charge is 2.70. The number of amides is 4. The van der Waals surface area contributed by atoms with E-state index in [0.717, 1.165) is 0 Å². The third-order valence-electron chi connectivity index (χ3n) is 8.36. The summed E-state index contributed by atoms with van der Waals surface area (Å²) in [7, 11) is -4.12. The van der Waals surface area contributed by atoms with Gasteiger partial charge in [0.15, 0.2) is 0 Å². The molecule has 12 heteroatoms. The predicted octanol–water partition coefficient (Wildman–Crippen LogP) is 2.56. The number of hydrogen-bond acceptors (Lipinski definition) is 7. The largest absolute Gasteiger partial charge is 0.444 e. The molecule has 1 aromatic rings. The summed E-state index contributed by atoms with van der Waals surface area (Å²) in [5, 5.41) is 5.50. The molecule has 1 aliphatic heterocycles. The van der Waals surface area contributed by atoms with Crippen LogP contribution in [0.4, 0.5) is 4.79 Å². The molecule has 3 aliphatic rings. The number of nitrogens with zero attached hydrogens (tertiary/aromatic N) is 1. The summed E-state index contributed by atoms with van der Waals surface area (Å²) in [5.41, 5.74) is -3.02. The van der Waals surface area contributed by atoms with Gasteiger partial charge in [-0.25, -0.2) is 17.9 Å². The molecule has 4 amide bonds. The summed E-state index contributed by atoms with van der Waals surface area (Å²) < 4.78 is 33.0. The van der Waals surface area contributed by atoms with Crippen molar-refractivity contribution in [3.8, 4) is 0 Å². The molecule has 0 bridgehead atoms. The van der Waals surface area contributed by atoms with E-state index in [4.69, 9.17) is 4.74 Å². The lowest BCUT2D eigenvalue weighted by Crippen LogP contribution is -2.61. The Kier molecular flexibility index (Phi) is 7.51. The quantitative estimate of drug-likeness (QED) is 0.442. The number of carbonyl (C=O) groups is 4. The molecular weight excluding hydrogens is 548 g/mol. The predicted molar refractivity (Wildman–Crippen MR) is 151 cm³/mol. The number of hydrogen-bond donors (Lipinski definition) is 3. The van der Waals surface area contributed by atoms with E-state index in [1.54, 1.807) is 39.0 Å². The van der Waals surface area contributed by atoms with Gasteiger partial charge in [-0.05, 0) is 68.4 Å². The summed E-state index contributed by atoms with van der Waals surface area (Å²) in [6.07, 6.45) is -0.180. The van der Waals surface area contributed by atoms with Crippen LogP contribution in [-0.2, 0) is 29.1 Å². The number of sulfonamides is 1. The lowest BCUT2D eigenvalue weighted by Gasteiger charge is -2.38. The van der Waals surface area contributed by atoms with Crippen molar-refractivity contribution in [2.75, 3.05) is 6.54 Å². The Morgan fingerprint density at radius 1 is 1.00 bits per heavy atom. The van der Waals surface area contributed by atoms with Gasteiger partial charge in [0.05, 0.1) is 4.90 Å². The monoisotopic (exact) mass is 590 g/mol. The number of fused-ring (bicyclic) bond motifs is 1. The second-order valence-electron chi connectivity index (χ2n) is 14.2. The minimum absolute atomic E-state index is 0.0590. The minimum atomic E-state index is -4.12. The minimum Gasteiger partial charge on any atom is -0.444 e. The maximum absolute atomic E-state index is 14.0. The van der Waals surface area contributed by atoms with Gasteiger partial charge in [0.2, 0.25) is 11.8 Å². The first-order valence-electron chi connectivity index (χ1n) is 13.9. The van der Waals surface area contributed by atoms with Gasteiger partial charge in [-0.15, -0.1) is 0 Å². The van der Waals surface area contributed by atoms with Crippen LogP contribution >= 0.6 is 0 Å². The van der Waals surface area contributed by atoms with Gasteiger partial charge in [0, 0.05) is 6.54 Å².